The van der Waals surface area contributed by atoms with E-state index in [1.54, 1.807) is 0 Å². The molecular weight excluding hydrogens is 246 g/mol. The van der Waals surface area contributed by atoms with Gasteiger partial charge in [-0.15, -0.1) is 0 Å². The molecule has 1 heterocycles. The lowest BCUT2D eigenvalue weighted by Crippen LogP contribution is -2.40. The summed E-state index contributed by atoms with van der Waals surface area (Å²) in [5.41, 5.74) is 1.31. The number of hydrogen-bond acceptors (Lipinski definition) is 3. The molecule has 3 nitrogen and oxygen atoms in total. The Labute approximate surface area is 123 Å². The number of rotatable bonds is 5. The third-order valence-electron chi connectivity index (χ3n) is 4.69. The van der Waals surface area contributed by atoms with Gasteiger partial charge in [0.15, 0.2) is 0 Å². The second kappa shape index (κ2) is 7.07. The van der Waals surface area contributed by atoms with Crippen molar-refractivity contribution in [3.63, 3.8) is 0 Å². The van der Waals surface area contributed by atoms with Crippen LogP contribution in [0, 0.1) is 5.92 Å². The Morgan fingerprint density at radius 3 is 2.85 bits per heavy atom. The highest BCUT2D eigenvalue weighted by Gasteiger charge is 2.27. The lowest BCUT2D eigenvalue weighted by molar-refractivity contribution is 0.320. The first-order chi connectivity index (χ1) is 9.65. The summed E-state index contributed by atoms with van der Waals surface area (Å²) < 4.78 is 0. The van der Waals surface area contributed by atoms with Crippen LogP contribution in [0.4, 0.5) is 5.82 Å². The van der Waals surface area contributed by atoms with Crippen molar-refractivity contribution >= 4 is 5.82 Å². The van der Waals surface area contributed by atoms with Crippen LogP contribution in [0.25, 0.3) is 0 Å². The lowest BCUT2D eigenvalue weighted by Gasteiger charge is -2.38. The first-order valence-corrected chi connectivity index (χ1v) is 8.06. The summed E-state index contributed by atoms with van der Waals surface area (Å²) in [6.07, 6.45) is 7.29. The van der Waals surface area contributed by atoms with Gasteiger partial charge in [0.2, 0.25) is 0 Å². The predicted octanol–water partition coefficient (Wildman–Crippen LogP) is 3.77. The fourth-order valence-electron chi connectivity index (χ4n) is 3.49. The van der Waals surface area contributed by atoms with E-state index in [1.165, 1.54) is 31.2 Å². The van der Waals surface area contributed by atoms with Gasteiger partial charge in [0, 0.05) is 30.9 Å². The second-order valence-corrected chi connectivity index (χ2v) is 6.14. The lowest BCUT2D eigenvalue weighted by atomic mass is 9.85. The predicted molar refractivity (Wildman–Crippen MR) is 86.2 cm³/mol. The van der Waals surface area contributed by atoms with Crippen LogP contribution in [-0.4, -0.2) is 24.6 Å². The van der Waals surface area contributed by atoms with Crippen LogP contribution >= 0.6 is 0 Å². The minimum atomic E-state index is 0.352. The van der Waals surface area contributed by atoms with Crippen LogP contribution in [0.3, 0.4) is 0 Å². The summed E-state index contributed by atoms with van der Waals surface area (Å²) in [5, 5.41) is 3.50. The van der Waals surface area contributed by atoms with E-state index in [1.807, 2.05) is 12.3 Å². The quantitative estimate of drug-likeness (QED) is 0.886. The highest BCUT2D eigenvalue weighted by Crippen LogP contribution is 2.32. The van der Waals surface area contributed by atoms with Crippen molar-refractivity contribution in [1.29, 1.82) is 0 Å². The maximum atomic E-state index is 4.68. The minimum Gasteiger partial charge on any atom is -0.356 e. The molecule has 1 saturated carbocycles. The van der Waals surface area contributed by atoms with Gasteiger partial charge in [-0.2, -0.15) is 0 Å². The fourth-order valence-corrected chi connectivity index (χ4v) is 3.49. The summed E-state index contributed by atoms with van der Waals surface area (Å²) in [4.78, 5) is 7.10. The minimum absolute atomic E-state index is 0.352. The maximum absolute atomic E-state index is 4.68. The molecule has 1 aromatic heterocycles. The largest absolute Gasteiger partial charge is 0.356 e. The number of pyridine rings is 1. The van der Waals surface area contributed by atoms with E-state index < -0.39 is 0 Å². The van der Waals surface area contributed by atoms with Gasteiger partial charge < -0.3 is 10.2 Å². The van der Waals surface area contributed by atoms with Crippen molar-refractivity contribution in [3.8, 4) is 0 Å². The summed E-state index contributed by atoms with van der Waals surface area (Å²) in [6, 6.07) is 5.24. The van der Waals surface area contributed by atoms with E-state index in [0.29, 0.717) is 12.1 Å². The Morgan fingerprint density at radius 2 is 2.15 bits per heavy atom. The standard InChI is InChI=1S/C17H29N3/c1-5-18-14(3)15-10-8-12-19-17(15)20(4)16-11-7-6-9-13(16)2/h8,10,12-14,16,18H,5-7,9,11H2,1-4H3. The van der Waals surface area contributed by atoms with Crippen LogP contribution in [0.2, 0.25) is 0 Å². The number of anilines is 1. The summed E-state index contributed by atoms with van der Waals surface area (Å²) in [5.74, 6) is 1.91. The van der Waals surface area contributed by atoms with E-state index in [0.717, 1.165) is 18.3 Å². The molecule has 3 atom stereocenters. The average Bonchev–Trinajstić information content (AvgIpc) is 2.47. The highest BCUT2D eigenvalue weighted by molar-refractivity contribution is 5.48. The molecule has 112 valence electrons. The van der Waals surface area contributed by atoms with Gasteiger partial charge in [-0.05, 0) is 38.3 Å². The molecule has 2 rings (SSSR count). The van der Waals surface area contributed by atoms with E-state index in [-0.39, 0.29) is 0 Å². The Bertz CT molecular complexity index is 418. The molecule has 0 bridgehead atoms. The van der Waals surface area contributed by atoms with Gasteiger partial charge >= 0.3 is 0 Å². The SMILES string of the molecule is CCNC(C)c1cccnc1N(C)C1CCCCC1C. The first kappa shape index (κ1) is 15.3. The highest BCUT2D eigenvalue weighted by atomic mass is 15.2. The van der Waals surface area contributed by atoms with Crippen molar-refractivity contribution in [2.45, 2.75) is 58.5 Å². The monoisotopic (exact) mass is 275 g/mol. The summed E-state index contributed by atoms with van der Waals surface area (Å²) >= 11 is 0. The van der Waals surface area contributed by atoms with Crippen molar-refractivity contribution < 1.29 is 0 Å². The molecule has 0 aromatic carbocycles. The molecule has 0 amide bonds. The fraction of sp³-hybridized carbons (Fsp3) is 0.706. The average molecular weight is 275 g/mol. The summed E-state index contributed by atoms with van der Waals surface area (Å²) in [6.45, 7) is 7.75. The first-order valence-electron chi connectivity index (χ1n) is 8.06. The topological polar surface area (TPSA) is 28.2 Å². The number of hydrogen-bond donors (Lipinski definition) is 1. The van der Waals surface area contributed by atoms with Gasteiger partial charge in [0.05, 0.1) is 0 Å². The van der Waals surface area contributed by atoms with Crippen molar-refractivity contribution in [2.75, 3.05) is 18.5 Å². The second-order valence-electron chi connectivity index (χ2n) is 6.14. The van der Waals surface area contributed by atoms with Crippen molar-refractivity contribution in [3.05, 3.63) is 23.9 Å². The van der Waals surface area contributed by atoms with Crippen molar-refractivity contribution in [1.82, 2.24) is 10.3 Å². The van der Waals surface area contributed by atoms with Gasteiger partial charge in [-0.3, -0.25) is 0 Å². The molecule has 1 aliphatic rings. The van der Waals surface area contributed by atoms with Crippen LogP contribution in [0.1, 0.15) is 58.1 Å². The number of nitrogens with one attached hydrogen (secondary N) is 1. The zero-order valence-corrected chi connectivity index (χ0v) is 13.4. The van der Waals surface area contributed by atoms with Gasteiger partial charge in [0.1, 0.15) is 5.82 Å². The third kappa shape index (κ3) is 3.32. The van der Waals surface area contributed by atoms with E-state index >= 15 is 0 Å². The number of nitrogens with zero attached hydrogens (tertiary/aromatic N) is 2. The Morgan fingerprint density at radius 1 is 1.40 bits per heavy atom. The normalized spacial score (nSPS) is 24.4. The van der Waals surface area contributed by atoms with Crippen molar-refractivity contribution in [2.24, 2.45) is 5.92 Å². The van der Waals surface area contributed by atoms with Crippen LogP contribution < -0.4 is 10.2 Å². The molecule has 0 saturated heterocycles. The maximum Gasteiger partial charge on any atom is 0.133 e. The molecule has 0 aliphatic heterocycles. The molecule has 1 N–H and O–H groups in total. The van der Waals surface area contributed by atoms with Crippen LogP contribution in [0.5, 0.6) is 0 Å². The van der Waals surface area contributed by atoms with Gasteiger partial charge in [-0.25, -0.2) is 4.98 Å². The molecule has 1 aromatic rings. The van der Waals surface area contributed by atoms with Crippen LogP contribution in [0.15, 0.2) is 18.3 Å². The Hall–Kier alpha value is -1.09. The molecule has 1 fully saturated rings. The smallest absolute Gasteiger partial charge is 0.133 e. The Kier molecular flexibility index (Phi) is 5.41. The molecule has 3 heteroatoms. The van der Waals surface area contributed by atoms with E-state index in [9.17, 15) is 0 Å². The van der Waals surface area contributed by atoms with Crippen LogP contribution in [-0.2, 0) is 0 Å². The molecular formula is C17H29N3. The van der Waals surface area contributed by atoms with Gasteiger partial charge in [-0.1, -0.05) is 32.8 Å². The van der Waals surface area contributed by atoms with Gasteiger partial charge in [0.25, 0.3) is 0 Å². The molecule has 3 unspecified atom stereocenters. The molecule has 20 heavy (non-hydrogen) atoms. The molecule has 1 aliphatic carbocycles. The van der Waals surface area contributed by atoms with E-state index in [2.05, 4.69) is 49.1 Å². The summed E-state index contributed by atoms with van der Waals surface area (Å²) in [7, 11) is 2.22. The third-order valence-corrected chi connectivity index (χ3v) is 4.69. The zero-order valence-electron chi connectivity index (χ0n) is 13.4. The number of aromatic nitrogens is 1. The molecule has 0 radical (unpaired) electrons. The molecule has 0 spiro atoms. The Balaban J connectivity index is 2.22. The van der Waals surface area contributed by atoms with E-state index in [4.69, 9.17) is 0 Å². The zero-order chi connectivity index (χ0) is 14.5.